The standard InChI is InChI=1S/C16H17ClN2O3S2/c1-9-14(24-15(18-9)11-2-3-12(17)23-11)16(22)19-6-4-10(5-7-19)8-13(20)21/h2-3,10H,4-8H2,1H3,(H,20,21). The maximum absolute atomic E-state index is 12.8. The molecule has 1 aliphatic heterocycles. The highest BCUT2D eigenvalue weighted by molar-refractivity contribution is 7.24. The summed E-state index contributed by atoms with van der Waals surface area (Å²) in [5, 5.41) is 9.69. The van der Waals surface area contributed by atoms with Crippen LogP contribution in [0.1, 0.15) is 34.6 Å². The molecule has 0 aliphatic carbocycles. The largest absolute Gasteiger partial charge is 0.481 e. The van der Waals surface area contributed by atoms with E-state index in [1.165, 1.54) is 22.7 Å². The van der Waals surface area contributed by atoms with Gasteiger partial charge in [0.25, 0.3) is 5.91 Å². The molecule has 1 N–H and O–H groups in total. The third-order valence-electron chi connectivity index (χ3n) is 4.14. The molecule has 24 heavy (non-hydrogen) atoms. The summed E-state index contributed by atoms with van der Waals surface area (Å²) in [7, 11) is 0. The fourth-order valence-corrected chi connectivity index (χ4v) is 4.99. The number of amides is 1. The van der Waals surface area contributed by atoms with E-state index in [2.05, 4.69) is 4.98 Å². The van der Waals surface area contributed by atoms with Gasteiger partial charge in [-0.3, -0.25) is 9.59 Å². The molecule has 0 aromatic carbocycles. The maximum atomic E-state index is 12.8. The zero-order chi connectivity index (χ0) is 17.3. The van der Waals surface area contributed by atoms with E-state index in [0.717, 1.165) is 28.4 Å². The number of halogens is 1. The fraction of sp³-hybridized carbons (Fsp3) is 0.438. The van der Waals surface area contributed by atoms with Crippen LogP contribution in [0.2, 0.25) is 4.34 Å². The number of carbonyl (C=O) groups is 2. The summed E-state index contributed by atoms with van der Waals surface area (Å²) in [5.74, 6) is -0.608. The van der Waals surface area contributed by atoms with E-state index in [-0.39, 0.29) is 18.2 Å². The number of thiazole rings is 1. The summed E-state index contributed by atoms with van der Waals surface area (Å²) in [6.45, 7) is 3.06. The molecule has 3 heterocycles. The van der Waals surface area contributed by atoms with Crippen LogP contribution in [0, 0.1) is 12.8 Å². The van der Waals surface area contributed by atoms with E-state index in [9.17, 15) is 9.59 Å². The summed E-state index contributed by atoms with van der Waals surface area (Å²) in [4.78, 5) is 31.5. The minimum absolute atomic E-state index is 0.00678. The Bertz CT molecular complexity index is 763. The lowest BCUT2D eigenvalue weighted by atomic mass is 9.93. The molecule has 1 aliphatic rings. The number of nitrogens with zero attached hydrogens (tertiary/aromatic N) is 2. The lowest BCUT2D eigenvalue weighted by Crippen LogP contribution is -2.38. The van der Waals surface area contributed by atoms with Gasteiger partial charge in [-0.25, -0.2) is 4.98 Å². The number of hydrogen-bond acceptors (Lipinski definition) is 5. The Morgan fingerprint density at radius 1 is 1.33 bits per heavy atom. The van der Waals surface area contributed by atoms with Crippen LogP contribution in [0.25, 0.3) is 9.88 Å². The van der Waals surface area contributed by atoms with Gasteiger partial charge in [-0.2, -0.15) is 0 Å². The number of rotatable bonds is 4. The predicted octanol–water partition coefficient (Wildman–Crippen LogP) is 4.16. The van der Waals surface area contributed by atoms with Gasteiger partial charge in [-0.15, -0.1) is 22.7 Å². The molecule has 0 unspecified atom stereocenters. The predicted molar refractivity (Wildman–Crippen MR) is 96.1 cm³/mol. The molecule has 8 heteroatoms. The lowest BCUT2D eigenvalue weighted by molar-refractivity contribution is -0.138. The topological polar surface area (TPSA) is 70.5 Å². The van der Waals surface area contributed by atoms with Crippen LogP contribution < -0.4 is 0 Å². The molecule has 1 saturated heterocycles. The van der Waals surface area contributed by atoms with Crippen LogP contribution >= 0.6 is 34.3 Å². The quantitative estimate of drug-likeness (QED) is 0.859. The van der Waals surface area contributed by atoms with Gasteiger partial charge in [-0.1, -0.05) is 11.6 Å². The Hall–Kier alpha value is -1.44. The first kappa shape index (κ1) is 17.4. The fourth-order valence-electron chi connectivity index (χ4n) is 2.86. The molecular formula is C16H17ClN2O3S2. The summed E-state index contributed by atoms with van der Waals surface area (Å²) in [6.07, 6.45) is 1.66. The van der Waals surface area contributed by atoms with Crippen LogP contribution in [0.3, 0.4) is 0 Å². The lowest BCUT2D eigenvalue weighted by Gasteiger charge is -2.31. The van der Waals surface area contributed by atoms with Crippen LogP contribution in [0.4, 0.5) is 0 Å². The molecule has 2 aromatic heterocycles. The van der Waals surface area contributed by atoms with Gasteiger partial charge in [0.2, 0.25) is 0 Å². The smallest absolute Gasteiger partial charge is 0.303 e. The molecule has 0 bridgehead atoms. The average molecular weight is 385 g/mol. The Morgan fingerprint density at radius 2 is 2.04 bits per heavy atom. The molecular weight excluding hydrogens is 368 g/mol. The van der Waals surface area contributed by atoms with Crippen molar-refractivity contribution in [2.45, 2.75) is 26.2 Å². The SMILES string of the molecule is Cc1nc(-c2ccc(Cl)s2)sc1C(=O)N1CCC(CC(=O)O)CC1. The van der Waals surface area contributed by atoms with Crippen molar-refractivity contribution in [1.82, 2.24) is 9.88 Å². The maximum Gasteiger partial charge on any atom is 0.303 e. The monoisotopic (exact) mass is 384 g/mol. The number of carboxylic acid groups (broad SMARTS) is 1. The summed E-state index contributed by atoms with van der Waals surface area (Å²) >= 11 is 8.81. The normalized spacial score (nSPS) is 15.7. The number of thiophene rings is 1. The second-order valence-electron chi connectivity index (χ2n) is 5.87. The van der Waals surface area contributed by atoms with E-state index in [1.54, 1.807) is 0 Å². The molecule has 1 fully saturated rings. The zero-order valence-corrected chi connectivity index (χ0v) is 15.5. The molecule has 0 saturated carbocycles. The first-order chi connectivity index (χ1) is 11.4. The van der Waals surface area contributed by atoms with Crippen molar-refractivity contribution in [3.63, 3.8) is 0 Å². The van der Waals surface area contributed by atoms with Gasteiger partial charge in [0, 0.05) is 19.5 Å². The van der Waals surface area contributed by atoms with Gasteiger partial charge >= 0.3 is 5.97 Å². The van der Waals surface area contributed by atoms with Crippen molar-refractivity contribution in [2.24, 2.45) is 5.92 Å². The third-order valence-corrected chi connectivity index (χ3v) is 6.69. The number of aromatic nitrogens is 1. The minimum atomic E-state index is -0.766. The van der Waals surface area contributed by atoms with E-state index in [1.807, 2.05) is 24.0 Å². The van der Waals surface area contributed by atoms with Crippen LogP contribution in [0.15, 0.2) is 12.1 Å². The number of aryl methyl sites for hydroxylation is 1. The minimum Gasteiger partial charge on any atom is -0.481 e. The first-order valence-corrected chi connectivity index (χ1v) is 9.69. The second kappa shape index (κ2) is 7.21. The van der Waals surface area contributed by atoms with Gasteiger partial charge in [0.1, 0.15) is 9.88 Å². The highest BCUT2D eigenvalue weighted by Gasteiger charge is 2.27. The summed E-state index contributed by atoms with van der Waals surface area (Å²) in [5.41, 5.74) is 0.734. The van der Waals surface area contributed by atoms with Gasteiger partial charge in [-0.05, 0) is 37.8 Å². The second-order valence-corrected chi connectivity index (χ2v) is 8.58. The number of piperidine rings is 1. The van der Waals surface area contributed by atoms with Gasteiger partial charge < -0.3 is 10.0 Å². The summed E-state index contributed by atoms with van der Waals surface area (Å²) in [6, 6.07) is 3.74. The first-order valence-electron chi connectivity index (χ1n) is 7.68. The highest BCUT2D eigenvalue weighted by atomic mass is 35.5. The van der Waals surface area contributed by atoms with Crippen LogP contribution in [0.5, 0.6) is 0 Å². The number of aliphatic carboxylic acids is 1. The number of hydrogen-bond donors (Lipinski definition) is 1. The Morgan fingerprint density at radius 3 is 2.62 bits per heavy atom. The molecule has 0 atom stereocenters. The van der Waals surface area contributed by atoms with Crippen molar-refractivity contribution < 1.29 is 14.7 Å². The van der Waals surface area contributed by atoms with Crippen molar-refractivity contribution >= 4 is 46.2 Å². The molecule has 1 amide bonds. The van der Waals surface area contributed by atoms with E-state index >= 15 is 0 Å². The van der Waals surface area contributed by atoms with Crippen LogP contribution in [-0.4, -0.2) is 40.0 Å². The van der Waals surface area contributed by atoms with Crippen molar-refractivity contribution in [2.75, 3.05) is 13.1 Å². The molecule has 3 rings (SSSR count). The van der Waals surface area contributed by atoms with Gasteiger partial charge in [0.05, 0.1) is 14.9 Å². The van der Waals surface area contributed by atoms with Crippen molar-refractivity contribution in [3.8, 4) is 9.88 Å². The number of carboxylic acids is 1. The molecule has 2 aromatic rings. The molecule has 5 nitrogen and oxygen atoms in total. The van der Waals surface area contributed by atoms with Crippen molar-refractivity contribution in [3.05, 3.63) is 27.0 Å². The van der Waals surface area contributed by atoms with E-state index in [0.29, 0.717) is 22.3 Å². The summed E-state index contributed by atoms with van der Waals surface area (Å²) < 4.78 is 0.700. The van der Waals surface area contributed by atoms with E-state index < -0.39 is 5.97 Å². The Balaban J connectivity index is 1.70. The van der Waals surface area contributed by atoms with E-state index in [4.69, 9.17) is 16.7 Å². The Kier molecular flexibility index (Phi) is 5.22. The zero-order valence-electron chi connectivity index (χ0n) is 13.1. The van der Waals surface area contributed by atoms with Crippen molar-refractivity contribution in [1.29, 1.82) is 0 Å². The molecule has 0 radical (unpaired) electrons. The Labute approximate surface area is 152 Å². The molecule has 0 spiro atoms. The van der Waals surface area contributed by atoms with Crippen LogP contribution in [-0.2, 0) is 4.79 Å². The molecule has 128 valence electrons. The highest BCUT2D eigenvalue weighted by Crippen LogP contribution is 2.35. The number of likely N-dealkylation sites (tertiary alicyclic amines) is 1. The third kappa shape index (κ3) is 3.79. The number of carbonyl (C=O) groups excluding carboxylic acids is 1. The average Bonchev–Trinajstić information content (AvgIpc) is 3.13. The van der Waals surface area contributed by atoms with Gasteiger partial charge in [0.15, 0.2) is 0 Å².